The van der Waals surface area contributed by atoms with Gasteiger partial charge < -0.3 is 10.6 Å². The van der Waals surface area contributed by atoms with E-state index in [2.05, 4.69) is 41.8 Å². The minimum atomic E-state index is 0. The molecular formula is C18H16FeN2. The molecule has 2 aliphatic rings. The smallest absolute Gasteiger partial charge is 0.456 e. The van der Waals surface area contributed by atoms with Gasteiger partial charge in [0.2, 0.25) is 0 Å². The SMILES string of the molecule is Cc1ccc2c(c1)NC(=C1C=CC=C1)[N-]2.[Fe+2].c1cc[cH-]c1. The quantitative estimate of drug-likeness (QED) is 0.527. The van der Waals surface area contributed by atoms with Crippen LogP contribution in [0.5, 0.6) is 0 Å². The van der Waals surface area contributed by atoms with Crippen molar-refractivity contribution < 1.29 is 17.1 Å². The summed E-state index contributed by atoms with van der Waals surface area (Å²) in [7, 11) is 0. The molecule has 2 nitrogen and oxygen atoms in total. The molecule has 3 heteroatoms. The molecular weight excluding hydrogens is 300 g/mol. The Morgan fingerprint density at radius 3 is 2.38 bits per heavy atom. The zero-order chi connectivity index (χ0) is 13.8. The predicted molar refractivity (Wildman–Crippen MR) is 85.2 cm³/mol. The van der Waals surface area contributed by atoms with E-state index in [1.807, 2.05) is 48.6 Å². The first-order valence-electron chi connectivity index (χ1n) is 6.68. The van der Waals surface area contributed by atoms with Crippen molar-refractivity contribution in [3.05, 3.63) is 95.1 Å². The molecule has 21 heavy (non-hydrogen) atoms. The van der Waals surface area contributed by atoms with Crippen LogP contribution in [0.3, 0.4) is 0 Å². The second-order valence-corrected chi connectivity index (χ2v) is 4.74. The maximum absolute atomic E-state index is 4.54. The number of fused-ring (bicyclic) bond motifs is 1. The summed E-state index contributed by atoms with van der Waals surface area (Å²) in [6.45, 7) is 2.09. The van der Waals surface area contributed by atoms with E-state index in [4.69, 9.17) is 0 Å². The molecule has 1 N–H and O–H groups in total. The number of benzene rings is 1. The Balaban J connectivity index is 0.000000231. The van der Waals surface area contributed by atoms with E-state index in [1.54, 1.807) is 0 Å². The van der Waals surface area contributed by atoms with Crippen molar-refractivity contribution in [1.82, 2.24) is 0 Å². The molecule has 2 aromatic rings. The average Bonchev–Trinajstić information content (AvgIpc) is 3.20. The summed E-state index contributed by atoms with van der Waals surface area (Å²) >= 11 is 0. The van der Waals surface area contributed by atoms with Crippen LogP contribution in [-0.2, 0) is 17.1 Å². The normalized spacial score (nSPS) is 13.8. The third-order valence-electron chi connectivity index (χ3n) is 3.13. The van der Waals surface area contributed by atoms with Gasteiger partial charge >= 0.3 is 17.1 Å². The zero-order valence-corrected chi connectivity index (χ0v) is 12.8. The van der Waals surface area contributed by atoms with Gasteiger partial charge in [0.15, 0.2) is 0 Å². The first-order valence-corrected chi connectivity index (χ1v) is 6.68. The van der Waals surface area contributed by atoms with Gasteiger partial charge in [-0.15, -0.1) is 0 Å². The van der Waals surface area contributed by atoms with Gasteiger partial charge in [0.25, 0.3) is 0 Å². The number of nitrogens with one attached hydrogen (secondary N) is 1. The first kappa shape index (κ1) is 15.3. The number of aryl methyl sites for hydroxylation is 1. The van der Waals surface area contributed by atoms with Gasteiger partial charge in [-0.25, -0.2) is 12.1 Å². The monoisotopic (exact) mass is 316 g/mol. The largest absolute Gasteiger partial charge is 2.00 e. The molecule has 0 saturated heterocycles. The average molecular weight is 316 g/mol. The summed E-state index contributed by atoms with van der Waals surface area (Å²) in [5.41, 5.74) is 4.52. The van der Waals surface area contributed by atoms with Crippen molar-refractivity contribution in [2.75, 3.05) is 5.32 Å². The van der Waals surface area contributed by atoms with Crippen LogP contribution in [0.1, 0.15) is 5.56 Å². The number of hydrogen-bond acceptors (Lipinski definition) is 1. The zero-order valence-electron chi connectivity index (χ0n) is 11.7. The third kappa shape index (κ3) is 3.72. The van der Waals surface area contributed by atoms with E-state index in [1.165, 1.54) is 5.56 Å². The van der Waals surface area contributed by atoms with Crippen LogP contribution in [0, 0.1) is 6.92 Å². The van der Waals surface area contributed by atoms with Crippen LogP contribution < -0.4 is 5.32 Å². The van der Waals surface area contributed by atoms with Crippen LogP contribution in [0.15, 0.2) is 84.2 Å². The van der Waals surface area contributed by atoms with Crippen molar-refractivity contribution >= 4 is 11.4 Å². The van der Waals surface area contributed by atoms with E-state index >= 15 is 0 Å². The van der Waals surface area contributed by atoms with Crippen molar-refractivity contribution in [1.29, 1.82) is 0 Å². The maximum Gasteiger partial charge on any atom is 2.00 e. The standard InChI is InChI=1S/C13H11N2.C5H5.Fe/c1-9-6-7-11-12(8-9)15-13(14-11)10-4-2-3-5-10;1-2-4-5-3-1;/h2-8,15H,1H3;1-5H;/q2*-1;+2. The van der Waals surface area contributed by atoms with E-state index in [0.717, 1.165) is 22.8 Å². The summed E-state index contributed by atoms with van der Waals surface area (Å²) in [5.74, 6) is 0.945. The second-order valence-electron chi connectivity index (χ2n) is 4.74. The van der Waals surface area contributed by atoms with Gasteiger partial charge in [0.05, 0.1) is 0 Å². The summed E-state index contributed by atoms with van der Waals surface area (Å²) in [5, 5.41) is 7.87. The van der Waals surface area contributed by atoms with Gasteiger partial charge in [0, 0.05) is 0 Å². The van der Waals surface area contributed by atoms with E-state index in [-0.39, 0.29) is 17.1 Å². The van der Waals surface area contributed by atoms with E-state index < -0.39 is 0 Å². The Morgan fingerprint density at radius 1 is 1.05 bits per heavy atom. The minimum absolute atomic E-state index is 0. The molecule has 0 fully saturated rings. The third-order valence-corrected chi connectivity index (χ3v) is 3.13. The Labute approximate surface area is 136 Å². The molecule has 0 bridgehead atoms. The predicted octanol–water partition coefficient (Wildman–Crippen LogP) is 5.17. The minimum Gasteiger partial charge on any atom is -0.456 e. The number of allylic oxidation sites excluding steroid dienone is 5. The van der Waals surface area contributed by atoms with Gasteiger partial charge in [-0.3, -0.25) is 0 Å². The summed E-state index contributed by atoms with van der Waals surface area (Å²) < 4.78 is 0. The van der Waals surface area contributed by atoms with E-state index in [9.17, 15) is 0 Å². The van der Waals surface area contributed by atoms with Gasteiger partial charge in [-0.2, -0.15) is 18.2 Å². The number of anilines is 1. The first-order chi connectivity index (χ1) is 9.83. The number of rotatable bonds is 0. The molecule has 0 spiro atoms. The van der Waals surface area contributed by atoms with Crippen LogP contribution in [0.25, 0.3) is 5.32 Å². The topological polar surface area (TPSA) is 26.1 Å². The van der Waals surface area contributed by atoms with Crippen molar-refractivity contribution in [3.8, 4) is 0 Å². The Hall–Kier alpha value is -2.09. The van der Waals surface area contributed by atoms with Gasteiger partial charge in [-0.1, -0.05) is 53.9 Å². The molecule has 0 radical (unpaired) electrons. The van der Waals surface area contributed by atoms with Crippen molar-refractivity contribution in [3.63, 3.8) is 0 Å². The van der Waals surface area contributed by atoms with Crippen LogP contribution in [0.2, 0.25) is 0 Å². The maximum atomic E-state index is 4.54. The fourth-order valence-electron chi connectivity index (χ4n) is 2.11. The molecule has 1 heterocycles. The summed E-state index contributed by atoms with van der Waals surface area (Å²) in [6.07, 6.45) is 8.16. The van der Waals surface area contributed by atoms with Gasteiger partial charge in [0.1, 0.15) is 0 Å². The second kappa shape index (κ2) is 7.07. The molecule has 0 atom stereocenters. The van der Waals surface area contributed by atoms with Crippen LogP contribution >= 0.6 is 0 Å². The van der Waals surface area contributed by atoms with Crippen LogP contribution in [0.4, 0.5) is 11.4 Å². The molecule has 106 valence electrons. The summed E-state index contributed by atoms with van der Waals surface area (Å²) in [6, 6.07) is 16.3. The molecule has 2 aromatic carbocycles. The van der Waals surface area contributed by atoms with E-state index in [0.29, 0.717) is 0 Å². The van der Waals surface area contributed by atoms with Gasteiger partial charge in [-0.05, 0) is 23.9 Å². The fraction of sp³-hybridized carbons (Fsp3) is 0.0556. The summed E-state index contributed by atoms with van der Waals surface area (Å²) in [4.78, 5) is 0. The number of nitrogens with zero attached hydrogens (tertiary/aromatic N) is 1. The Kier molecular flexibility index (Phi) is 5.15. The molecule has 0 aromatic heterocycles. The van der Waals surface area contributed by atoms with Crippen LogP contribution in [-0.4, -0.2) is 0 Å². The molecule has 0 saturated carbocycles. The molecule has 1 aliphatic heterocycles. The molecule has 0 amide bonds. The molecule has 0 unspecified atom stereocenters. The molecule has 4 rings (SSSR count). The Bertz CT molecular complexity index is 648. The fourth-order valence-corrected chi connectivity index (χ4v) is 2.11. The Morgan fingerprint density at radius 2 is 1.76 bits per heavy atom. The van der Waals surface area contributed by atoms with Crippen molar-refractivity contribution in [2.45, 2.75) is 6.92 Å². The number of hydrogen-bond donors (Lipinski definition) is 1. The molecule has 1 aliphatic carbocycles. The van der Waals surface area contributed by atoms with Crippen molar-refractivity contribution in [2.24, 2.45) is 0 Å².